The summed E-state index contributed by atoms with van der Waals surface area (Å²) in [4.78, 5) is 33.2. The van der Waals surface area contributed by atoms with Gasteiger partial charge in [-0.3, -0.25) is 0 Å². The summed E-state index contributed by atoms with van der Waals surface area (Å²) < 4.78 is 14.0. The topological polar surface area (TPSA) is 99.1 Å². The lowest BCUT2D eigenvalue weighted by Gasteiger charge is -2.29. The molecular weight excluding hydrogens is 256 g/mol. The average molecular weight is 270 g/mol. The molecule has 1 N–H and O–H groups in total. The lowest BCUT2D eigenvalue weighted by molar-refractivity contribution is -0.249. The van der Waals surface area contributed by atoms with E-state index < -0.39 is 36.9 Å². The van der Waals surface area contributed by atoms with E-state index in [-0.39, 0.29) is 0 Å². The zero-order valence-corrected chi connectivity index (χ0v) is 10.2. The Balaban J connectivity index is 5.02. The molecule has 0 fully saturated rings. The van der Waals surface area contributed by atoms with Gasteiger partial charge in [-0.2, -0.15) is 0 Å². The second-order valence-electron chi connectivity index (χ2n) is 3.13. The van der Waals surface area contributed by atoms with Crippen molar-refractivity contribution in [3.05, 3.63) is 38.0 Å². The SMILES string of the molecule is C=CC(=O)OCC(CO)(OC(=O)C=C)OC(=O)C=C. The van der Waals surface area contributed by atoms with Crippen molar-refractivity contribution in [2.45, 2.75) is 5.79 Å². The number of rotatable bonds is 8. The third kappa shape index (κ3) is 5.64. The Labute approximate surface area is 109 Å². The lowest BCUT2D eigenvalue weighted by Crippen LogP contribution is -2.47. The molecule has 0 amide bonds. The summed E-state index contributed by atoms with van der Waals surface area (Å²) in [6.07, 6.45) is 2.44. The highest BCUT2D eigenvalue weighted by atomic mass is 16.8. The second kappa shape index (κ2) is 7.83. The summed E-state index contributed by atoms with van der Waals surface area (Å²) in [5.41, 5.74) is 0. The highest BCUT2D eigenvalue weighted by Crippen LogP contribution is 2.15. The smallest absolute Gasteiger partial charge is 0.333 e. The molecule has 0 aliphatic carbocycles. The summed E-state index contributed by atoms with van der Waals surface area (Å²) in [7, 11) is 0. The van der Waals surface area contributed by atoms with Crippen molar-refractivity contribution >= 4 is 17.9 Å². The minimum Gasteiger partial charge on any atom is -0.454 e. The van der Waals surface area contributed by atoms with Gasteiger partial charge >= 0.3 is 23.7 Å². The third-order valence-electron chi connectivity index (χ3n) is 1.75. The molecule has 0 saturated carbocycles. The highest BCUT2D eigenvalue weighted by molar-refractivity contribution is 5.84. The number of esters is 3. The van der Waals surface area contributed by atoms with Gasteiger partial charge in [-0.25, -0.2) is 14.4 Å². The van der Waals surface area contributed by atoms with Crippen LogP contribution in [0.4, 0.5) is 0 Å². The minimum absolute atomic E-state index is 0.701. The van der Waals surface area contributed by atoms with Crippen LogP contribution in [0.3, 0.4) is 0 Å². The summed E-state index contributed by atoms with van der Waals surface area (Å²) in [6, 6.07) is 0. The predicted molar refractivity (Wildman–Crippen MR) is 63.6 cm³/mol. The van der Waals surface area contributed by atoms with Gasteiger partial charge in [0.1, 0.15) is 6.61 Å². The molecule has 0 aliphatic rings. The van der Waals surface area contributed by atoms with E-state index in [2.05, 4.69) is 24.5 Å². The molecule has 0 aromatic carbocycles. The quantitative estimate of drug-likeness (QED) is 0.372. The van der Waals surface area contributed by atoms with E-state index in [1.54, 1.807) is 0 Å². The lowest BCUT2D eigenvalue weighted by atomic mass is 10.3. The number of hydrogen-bond acceptors (Lipinski definition) is 7. The molecule has 0 atom stereocenters. The number of ether oxygens (including phenoxy) is 3. The molecule has 0 spiro atoms. The zero-order chi connectivity index (χ0) is 14.9. The van der Waals surface area contributed by atoms with Gasteiger partial charge in [-0.15, -0.1) is 0 Å². The number of aliphatic hydroxyl groups is 1. The largest absolute Gasteiger partial charge is 0.454 e. The standard InChI is InChI=1S/C12H14O7/c1-4-9(14)17-8-12(7-13,18-10(15)5-2)19-11(16)6-3/h4-6,13H,1-3,7-8H2. The maximum absolute atomic E-state index is 11.1. The first-order valence-electron chi connectivity index (χ1n) is 5.04. The van der Waals surface area contributed by atoms with Crippen molar-refractivity contribution in [1.82, 2.24) is 0 Å². The third-order valence-corrected chi connectivity index (χ3v) is 1.75. The zero-order valence-electron chi connectivity index (χ0n) is 10.2. The molecule has 7 heteroatoms. The van der Waals surface area contributed by atoms with E-state index in [1.807, 2.05) is 0 Å². The molecule has 0 saturated heterocycles. The van der Waals surface area contributed by atoms with Crippen LogP contribution in [0.5, 0.6) is 0 Å². The Hall–Kier alpha value is -2.41. The molecule has 0 heterocycles. The molecule has 7 nitrogen and oxygen atoms in total. The number of hydrogen-bond donors (Lipinski definition) is 1. The first-order chi connectivity index (χ1) is 8.92. The normalized spacial score (nSPS) is 9.95. The van der Waals surface area contributed by atoms with Crippen molar-refractivity contribution in [3.63, 3.8) is 0 Å². The highest BCUT2D eigenvalue weighted by Gasteiger charge is 2.39. The van der Waals surface area contributed by atoms with Gasteiger partial charge in [-0.05, 0) is 0 Å². The Morgan fingerprint density at radius 1 is 0.947 bits per heavy atom. The van der Waals surface area contributed by atoms with Crippen molar-refractivity contribution in [3.8, 4) is 0 Å². The van der Waals surface area contributed by atoms with E-state index >= 15 is 0 Å². The summed E-state index contributed by atoms with van der Waals surface area (Å²) in [5.74, 6) is -4.95. The number of carbonyl (C=O) groups is 3. The molecule has 0 unspecified atom stereocenters. The van der Waals surface area contributed by atoms with E-state index in [0.29, 0.717) is 0 Å². The van der Waals surface area contributed by atoms with Crippen molar-refractivity contribution < 1.29 is 33.7 Å². The Kier molecular flexibility index (Phi) is 6.83. The summed E-state index contributed by atoms with van der Waals surface area (Å²) in [6.45, 7) is 7.83. The van der Waals surface area contributed by atoms with Gasteiger partial charge < -0.3 is 19.3 Å². The van der Waals surface area contributed by atoms with Crippen LogP contribution in [0.25, 0.3) is 0 Å². The van der Waals surface area contributed by atoms with Gasteiger partial charge in [0.15, 0.2) is 6.61 Å². The molecule has 0 bridgehead atoms. The monoisotopic (exact) mass is 270 g/mol. The second-order valence-corrected chi connectivity index (χ2v) is 3.13. The van der Waals surface area contributed by atoms with Crippen LogP contribution in [0.2, 0.25) is 0 Å². The van der Waals surface area contributed by atoms with E-state index in [9.17, 15) is 19.5 Å². The molecule has 0 aromatic heterocycles. The summed E-state index contributed by atoms with van der Waals surface area (Å²) in [5, 5.41) is 9.21. The fraction of sp³-hybridized carbons (Fsp3) is 0.250. The van der Waals surface area contributed by atoms with Crippen LogP contribution in [-0.4, -0.2) is 42.0 Å². The van der Waals surface area contributed by atoms with Crippen molar-refractivity contribution in [2.24, 2.45) is 0 Å². The van der Waals surface area contributed by atoms with Gasteiger partial charge in [0, 0.05) is 18.2 Å². The fourth-order valence-corrected chi connectivity index (χ4v) is 0.880. The van der Waals surface area contributed by atoms with Crippen molar-refractivity contribution in [2.75, 3.05) is 13.2 Å². The predicted octanol–water partition coefficient (Wildman–Crippen LogP) is -0.137. The minimum atomic E-state index is -2.16. The van der Waals surface area contributed by atoms with Gasteiger partial charge in [0.05, 0.1) is 0 Å². The molecule has 0 radical (unpaired) electrons. The van der Waals surface area contributed by atoms with Crippen LogP contribution in [0, 0.1) is 0 Å². The molecule has 0 aliphatic heterocycles. The van der Waals surface area contributed by atoms with E-state index in [0.717, 1.165) is 18.2 Å². The van der Waals surface area contributed by atoms with Crippen LogP contribution in [0.1, 0.15) is 0 Å². The Bertz CT molecular complexity index is 375. The summed E-state index contributed by atoms with van der Waals surface area (Å²) >= 11 is 0. The average Bonchev–Trinajstić information content (AvgIpc) is 2.43. The molecule has 19 heavy (non-hydrogen) atoms. The molecule has 0 rings (SSSR count). The van der Waals surface area contributed by atoms with Crippen LogP contribution in [0.15, 0.2) is 38.0 Å². The van der Waals surface area contributed by atoms with Crippen LogP contribution in [-0.2, 0) is 28.6 Å². The van der Waals surface area contributed by atoms with E-state index in [1.165, 1.54) is 0 Å². The fourth-order valence-electron chi connectivity index (χ4n) is 0.880. The Morgan fingerprint density at radius 3 is 1.68 bits per heavy atom. The van der Waals surface area contributed by atoms with E-state index in [4.69, 9.17) is 9.47 Å². The molecular formula is C12H14O7. The first-order valence-corrected chi connectivity index (χ1v) is 5.04. The Morgan fingerprint density at radius 2 is 1.37 bits per heavy atom. The van der Waals surface area contributed by atoms with Gasteiger partial charge in [0.2, 0.25) is 0 Å². The van der Waals surface area contributed by atoms with Crippen LogP contribution < -0.4 is 0 Å². The van der Waals surface area contributed by atoms with Gasteiger partial charge in [-0.1, -0.05) is 19.7 Å². The molecule has 0 aromatic rings. The number of carbonyl (C=O) groups excluding carboxylic acids is 3. The first kappa shape index (κ1) is 16.6. The van der Waals surface area contributed by atoms with Crippen molar-refractivity contribution in [1.29, 1.82) is 0 Å². The maximum atomic E-state index is 11.1. The number of aliphatic hydroxyl groups excluding tert-OH is 1. The van der Waals surface area contributed by atoms with Gasteiger partial charge in [0.25, 0.3) is 0 Å². The van der Waals surface area contributed by atoms with Crippen LogP contribution >= 0.6 is 0 Å². The molecule has 104 valence electrons. The maximum Gasteiger partial charge on any atom is 0.333 e.